The van der Waals surface area contributed by atoms with Crippen LogP contribution in [0.2, 0.25) is 0 Å². The third-order valence-electron chi connectivity index (χ3n) is 6.03. The maximum atomic E-state index is 12.3. The Hall–Kier alpha value is -3.49. The second kappa shape index (κ2) is 9.97. The first-order chi connectivity index (χ1) is 16.2. The second-order valence-corrected chi connectivity index (χ2v) is 8.29. The lowest BCUT2D eigenvalue weighted by Crippen LogP contribution is -2.36. The quantitative estimate of drug-likeness (QED) is 0.537. The van der Waals surface area contributed by atoms with Gasteiger partial charge in [-0.15, -0.1) is 0 Å². The van der Waals surface area contributed by atoms with Gasteiger partial charge in [-0.2, -0.15) is 0 Å². The van der Waals surface area contributed by atoms with Crippen LogP contribution in [0.25, 0.3) is 11.3 Å². The zero-order chi connectivity index (χ0) is 22.5. The number of nitrogens with zero attached hydrogens (tertiary/aromatic N) is 3. The Balaban J connectivity index is 1.23. The molecular formula is C25H28N6O2. The van der Waals surface area contributed by atoms with Gasteiger partial charge in [-0.25, -0.2) is 9.97 Å². The summed E-state index contributed by atoms with van der Waals surface area (Å²) in [6.45, 7) is 5.02. The maximum Gasteiger partial charge on any atom is 0.228 e. The molecule has 1 aromatic heterocycles. The number of nitrogens with one attached hydrogen (secondary N) is 3. The molecule has 8 nitrogen and oxygen atoms in total. The van der Waals surface area contributed by atoms with Gasteiger partial charge < -0.3 is 25.6 Å². The number of ether oxygens (including phenoxy) is 1. The molecule has 33 heavy (non-hydrogen) atoms. The average molecular weight is 445 g/mol. The summed E-state index contributed by atoms with van der Waals surface area (Å²) in [7, 11) is 0. The summed E-state index contributed by atoms with van der Waals surface area (Å²) in [6.07, 6.45) is 2.63. The molecular weight excluding hydrogens is 416 g/mol. The largest absolute Gasteiger partial charge is 0.378 e. The van der Waals surface area contributed by atoms with E-state index < -0.39 is 0 Å². The Bertz CT molecular complexity index is 1070. The fraction of sp³-hybridized carbons (Fsp3) is 0.320. The summed E-state index contributed by atoms with van der Waals surface area (Å²) in [5, 5.41) is 9.51. The number of rotatable bonds is 6. The van der Waals surface area contributed by atoms with Crippen LogP contribution in [0.5, 0.6) is 0 Å². The van der Waals surface area contributed by atoms with Gasteiger partial charge in [0.1, 0.15) is 0 Å². The molecule has 2 aliphatic rings. The van der Waals surface area contributed by atoms with E-state index in [1.54, 1.807) is 6.20 Å². The first-order valence-electron chi connectivity index (χ1n) is 11.4. The van der Waals surface area contributed by atoms with Crippen LogP contribution in [0.4, 0.5) is 23.0 Å². The van der Waals surface area contributed by atoms with Gasteiger partial charge in [0.25, 0.3) is 0 Å². The molecule has 2 aromatic carbocycles. The lowest BCUT2D eigenvalue weighted by Gasteiger charge is -2.28. The van der Waals surface area contributed by atoms with Crippen molar-refractivity contribution in [2.75, 3.05) is 54.9 Å². The normalized spacial score (nSPS) is 18.2. The Morgan fingerprint density at radius 1 is 1.00 bits per heavy atom. The van der Waals surface area contributed by atoms with Crippen LogP contribution in [-0.4, -0.2) is 55.3 Å². The molecule has 1 amide bonds. The summed E-state index contributed by atoms with van der Waals surface area (Å²) in [4.78, 5) is 23.7. The second-order valence-electron chi connectivity index (χ2n) is 8.29. The summed E-state index contributed by atoms with van der Waals surface area (Å²) in [6, 6.07) is 17.9. The van der Waals surface area contributed by atoms with Crippen molar-refractivity contribution in [3.05, 3.63) is 60.8 Å². The van der Waals surface area contributed by atoms with Crippen molar-refractivity contribution in [2.24, 2.45) is 5.92 Å². The third kappa shape index (κ3) is 5.30. The molecule has 0 bridgehead atoms. The van der Waals surface area contributed by atoms with E-state index in [-0.39, 0.29) is 11.8 Å². The number of hydrogen-bond acceptors (Lipinski definition) is 7. The number of carbonyl (C=O) groups excluding carboxylic acids is 1. The number of amides is 1. The van der Waals surface area contributed by atoms with Crippen molar-refractivity contribution in [3.8, 4) is 11.3 Å². The maximum absolute atomic E-state index is 12.3. The summed E-state index contributed by atoms with van der Waals surface area (Å²) in [5.41, 5.74) is 4.70. The highest BCUT2D eigenvalue weighted by Crippen LogP contribution is 2.24. The number of carbonyl (C=O) groups is 1. The molecule has 0 spiro atoms. The number of benzene rings is 2. The van der Waals surface area contributed by atoms with Crippen molar-refractivity contribution in [2.45, 2.75) is 6.42 Å². The van der Waals surface area contributed by atoms with Crippen LogP contribution in [0.3, 0.4) is 0 Å². The summed E-state index contributed by atoms with van der Waals surface area (Å²) >= 11 is 0. The molecule has 8 heteroatoms. The zero-order valence-electron chi connectivity index (χ0n) is 18.5. The van der Waals surface area contributed by atoms with Gasteiger partial charge in [-0.3, -0.25) is 4.79 Å². The van der Waals surface area contributed by atoms with Gasteiger partial charge in [-0.05, 0) is 55.4 Å². The molecule has 3 aromatic rings. The van der Waals surface area contributed by atoms with Crippen molar-refractivity contribution < 1.29 is 9.53 Å². The van der Waals surface area contributed by atoms with Crippen molar-refractivity contribution in [1.29, 1.82) is 0 Å². The smallest absolute Gasteiger partial charge is 0.228 e. The van der Waals surface area contributed by atoms with E-state index in [9.17, 15) is 4.79 Å². The lowest BCUT2D eigenvalue weighted by molar-refractivity contribution is -0.119. The SMILES string of the molecule is O=C(Nc1ccc(-c2ccnc(Nc3ccc(N4CCOCC4)cc3)n2)cc1)C1CCNC1. The zero-order valence-corrected chi connectivity index (χ0v) is 18.5. The van der Waals surface area contributed by atoms with Gasteiger partial charge in [0, 0.05) is 48.5 Å². The van der Waals surface area contributed by atoms with E-state index >= 15 is 0 Å². The highest BCUT2D eigenvalue weighted by atomic mass is 16.5. The topological polar surface area (TPSA) is 91.4 Å². The molecule has 2 saturated heterocycles. The average Bonchev–Trinajstić information content (AvgIpc) is 3.41. The van der Waals surface area contributed by atoms with E-state index in [1.165, 1.54) is 5.69 Å². The van der Waals surface area contributed by atoms with Crippen molar-refractivity contribution in [1.82, 2.24) is 15.3 Å². The summed E-state index contributed by atoms with van der Waals surface area (Å²) in [5.74, 6) is 0.654. The Labute approximate surface area is 193 Å². The van der Waals surface area contributed by atoms with Crippen LogP contribution in [0.15, 0.2) is 60.8 Å². The molecule has 170 valence electrons. The predicted octanol–water partition coefficient (Wildman–Crippen LogP) is 3.27. The minimum absolute atomic E-state index is 0.0445. The van der Waals surface area contributed by atoms with Gasteiger partial charge in [0.2, 0.25) is 11.9 Å². The molecule has 5 rings (SSSR count). The molecule has 1 unspecified atom stereocenters. The van der Waals surface area contributed by atoms with Crippen LogP contribution in [-0.2, 0) is 9.53 Å². The molecule has 0 saturated carbocycles. The predicted molar refractivity (Wildman–Crippen MR) is 130 cm³/mol. The van der Waals surface area contributed by atoms with Crippen molar-refractivity contribution in [3.63, 3.8) is 0 Å². The molecule has 2 fully saturated rings. The highest BCUT2D eigenvalue weighted by molar-refractivity contribution is 5.93. The van der Waals surface area contributed by atoms with E-state index in [0.717, 1.165) is 68.4 Å². The standard InChI is InChI=1S/C25H28N6O2/c32-24(19-9-11-26-17-19)28-20-3-1-18(2-4-20)23-10-12-27-25(30-23)29-21-5-7-22(8-6-21)31-13-15-33-16-14-31/h1-8,10,12,19,26H,9,11,13-17H2,(H,28,32)(H,27,29,30). The monoisotopic (exact) mass is 444 g/mol. The Morgan fingerprint density at radius 3 is 2.48 bits per heavy atom. The van der Waals surface area contributed by atoms with E-state index in [1.807, 2.05) is 42.5 Å². The van der Waals surface area contributed by atoms with E-state index in [4.69, 9.17) is 4.74 Å². The van der Waals surface area contributed by atoms with Crippen LogP contribution < -0.4 is 20.9 Å². The first-order valence-corrected chi connectivity index (χ1v) is 11.4. The third-order valence-corrected chi connectivity index (χ3v) is 6.03. The number of morpholine rings is 1. The molecule has 0 radical (unpaired) electrons. The highest BCUT2D eigenvalue weighted by Gasteiger charge is 2.22. The Morgan fingerprint density at radius 2 is 1.76 bits per heavy atom. The van der Waals surface area contributed by atoms with Crippen LogP contribution >= 0.6 is 0 Å². The molecule has 3 N–H and O–H groups in total. The fourth-order valence-electron chi connectivity index (χ4n) is 4.13. The number of anilines is 4. The van der Waals surface area contributed by atoms with E-state index in [0.29, 0.717) is 5.95 Å². The number of hydrogen-bond donors (Lipinski definition) is 3. The van der Waals surface area contributed by atoms with Crippen LogP contribution in [0.1, 0.15) is 6.42 Å². The Kier molecular flexibility index (Phi) is 6.46. The summed E-state index contributed by atoms with van der Waals surface area (Å²) < 4.78 is 5.42. The van der Waals surface area contributed by atoms with Gasteiger partial charge in [-0.1, -0.05) is 12.1 Å². The molecule has 2 aliphatic heterocycles. The van der Waals surface area contributed by atoms with Gasteiger partial charge in [0.05, 0.1) is 24.8 Å². The van der Waals surface area contributed by atoms with Crippen LogP contribution in [0, 0.1) is 5.92 Å². The van der Waals surface area contributed by atoms with E-state index in [2.05, 4.69) is 43.0 Å². The van der Waals surface area contributed by atoms with Gasteiger partial charge >= 0.3 is 0 Å². The lowest BCUT2D eigenvalue weighted by atomic mass is 10.1. The first kappa shape index (κ1) is 21.4. The number of aromatic nitrogens is 2. The molecule has 1 atom stereocenters. The molecule has 0 aliphatic carbocycles. The molecule has 3 heterocycles. The van der Waals surface area contributed by atoms with Gasteiger partial charge in [0.15, 0.2) is 0 Å². The minimum atomic E-state index is 0.0445. The minimum Gasteiger partial charge on any atom is -0.378 e. The van der Waals surface area contributed by atoms with Crippen molar-refractivity contribution >= 4 is 28.9 Å². The fourth-order valence-corrected chi connectivity index (χ4v) is 4.13.